The summed E-state index contributed by atoms with van der Waals surface area (Å²) in [5.41, 5.74) is 4.32. The van der Waals surface area contributed by atoms with E-state index in [0.717, 1.165) is 48.4 Å². The van der Waals surface area contributed by atoms with E-state index in [9.17, 15) is 9.59 Å². The molecule has 31 heavy (non-hydrogen) atoms. The molecule has 1 saturated heterocycles. The van der Waals surface area contributed by atoms with E-state index < -0.39 is 0 Å². The van der Waals surface area contributed by atoms with Crippen LogP contribution in [0, 0.1) is 0 Å². The number of likely N-dealkylation sites (tertiary alicyclic amines) is 1. The SMILES string of the molecule is Cn1ncc(C(=O)N2CCCC2)c1C(=O)Cc1ccn2cc(-c3ccccc3)nc2c1. The molecule has 1 aliphatic rings. The van der Waals surface area contributed by atoms with Gasteiger partial charge in [0.25, 0.3) is 5.91 Å². The molecule has 3 aromatic heterocycles. The highest BCUT2D eigenvalue weighted by atomic mass is 16.2. The van der Waals surface area contributed by atoms with Gasteiger partial charge in [-0.25, -0.2) is 4.98 Å². The number of imidazole rings is 1. The zero-order valence-electron chi connectivity index (χ0n) is 17.4. The number of rotatable bonds is 5. The number of ketones is 1. The van der Waals surface area contributed by atoms with Crippen molar-refractivity contribution in [1.29, 1.82) is 0 Å². The zero-order valence-corrected chi connectivity index (χ0v) is 17.4. The Morgan fingerprint density at radius 3 is 2.61 bits per heavy atom. The van der Waals surface area contributed by atoms with E-state index in [2.05, 4.69) is 5.10 Å². The third kappa shape index (κ3) is 3.63. The first kappa shape index (κ1) is 19.2. The molecule has 5 rings (SSSR count). The number of fused-ring (bicyclic) bond motifs is 1. The number of hydrogen-bond donors (Lipinski definition) is 0. The van der Waals surface area contributed by atoms with E-state index in [-0.39, 0.29) is 18.1 Å². The summed E-state index contributed by atoms with van der Waals surface area (Å²) in [5.74, 6) is -0.230. The van der Waals surface area contributed by atoms with Gasteiger partial charge in [0.1, 0.15) is 11.3 Å². The van der Waals surface area contributed by atoms with Gasteiger partial charge < -0.3 is 9.30 Å². The van der Waals surface area contributed by atoms with E-state index in [4.69, 9.17) is 4.98 Å². The molecule has 4 heterocycles. The molecule has 0 N–H and O–H groups in total. The van der Waals surface area contributed by atoms with E-state index in [1.54, 1.807) is 11.9 Å². The van der Waals surface area contributed by atoms with Crippen LogP contribution < -0.4 is 0 Å². The van der Waals surface area contributed by atoms with Crippen LogP contribution in [-0.4, -0.2) is 48.8 Å². The van der Waals surface area contributed by atoms with E-state index in [1.165, 1.54) is 10.9 Å². The molecular formula is C24H23N5O2. The summed E-state index contributed by atoms with van der Waals surface area (Å²) in [7, 11) is 1.71. The molecular weight excluding hydrogens is 390 g/mol. The predicted molar refractivity (Wildman–Crippen MR) is 117 cm³/mol. The standard InChI is InChI=1S/C24H23N5O2/c1-27-23(19(15-25-27)24(31)28-10-5-6-11-28)21(30)13-17-9-12-29-16-20(26-22(29)14-17)18-7-3-2-4-8-18/h2-4,7-9,12,14-16H,5-6,10-11,13H2,1H3. The van der Waals surface area contributed by atoms with Crippen LogP contribution in [0.4, 0.5) is 0 Å². The molecule has 0 saturated carbocycles. The molecule has 0 aliphatic carbocycles. The lowest BCUT2D eigenvalue weighted by Gasteiger charge is -2.15. The Balaban J connectivity index is 1.41. The fourth-order valence-electron chi connectivity index (χ4n) is 4.17. The van der Waals surface area contributed by atoms with Gasteiger partial charge in [0, 0.05) is 44.5 Å². The van der Waals surface area contributed by atoms with E-state index in [0.29, 0.717) is 11.3 Å². The molecule has 7 heteroatoms. The van der Waals surface area contributed by atoms with Crippen molar-refractivity contribution in [2.24, 2.45) is 7.05 Å². The first-order chi connectivity index (χ1) is 15.1. The van der Waals surface area contributed by atoms with Crippen LogP contribution in [0.3, 0.4) is 0 Å². The highest BCUT2D eigenvalue weighted by Crippen LogP contribution is 2.21. The normalized spacial score (nSPS) is 13.8. The maximum Gasteiger partial charge on any atom is 0.257 e. The Hall–Kier alpha value is -3.74. The number of hydrogen-bond acceptors (Lipinski definition) is 4. The fourth-order valence-corrected chi connectivity index (χ4v) is 4.17. The Morgan fingerprint density at radius 1 is 1.06 bits per heavy atom. The number of benzene rings is 1. The molecule has 0 radical (unpaired) electrons. The Kier molecular flexibility index (Phi) is 4.86. The van der Waals surface area contributed by atoms with E-state index >= 15 is 0 Å². The average Bonchev–Trinajstić information content (AvgIpc) is 3.53. The highest BCUT2D eigenvalue weighted by molar-refractivity contribution is 6.07. The van der Waals surface area contributed by atoms with Crippen LogP contribution in [0.25, 0.3) is 16.9 Å². The molecule has 0 spiro atoms. The van der Waals surface area contributed by atoms with Crippen molar-refractivity contribution in [1.82, 2.24) is 24.1 Å². The molecule has 1 amide bonds. The quantitative estimate of drug-likeness (QED) is 0.470. The van der Waals surface area contributed by atoms with Crippen LogP contribution >= 0.6 is 0 Å². The van der Waals surface area contributed by atoms with Gasteiger partial charge in [0.05, 0.1) is 17.5 Å². The van der Waals surface area contributed by atoms with Gasteiger partial charge in [0.2, 0.25) is 0 Å². The fraction of sp³-hybridized carbons (Fsp3) is 0.250. The first-order valence-electron chi connectivity index (χ1n) is 10.5. The predicted octanol–water partition coefficient (Wildman–Crippen LogP) is 3.40. The minimum atomic E-state index is -0.123. The second-order valence-electron chi connectivity index (χ2n) is 7.92. The van der Waals surface area contributed by atoms with Crippen molar-refractivity contribution in [3.8, 4) is 11.3 Å². The minimum absolute atomic E-state index is 0.106. The second kappa shape index (κ2) is 7.83. The number of aryl methyl sites for hydroxylation is 1. The lowest BCUT2D eigenvalue weighted by molar-refractivity contribution is 0.0786. The van der Waals surface area contributed by atoms with Crippen molar-refractivity contribution in [3.63, 3.8) is 0 Å². The molecule has 0 bridgehead atoms. The number of carbonyl (C=O) groups excluding carboxylic acids is 2. The lowest BCUT2D eigenvalue weighted by atomic mass is 10.0. The van der Waals surface area contributed by atoms with Crippen molar-refractivity contribution in [3.05, 3.63) is 77.9 Å². The van der Waals surface area contributed by atoms with Crippen LogP contribution in [0.1, 0.15) is 39.3 Å². The monoisotopic (exact) mass is 413 g/mol. The van der Waals surface area contributed by atoms with E-state index in [1.807, 2.05) is 59.3 Å². The smallest absolute Gasteiger partial charge is 0.257 e. The molecule has 4 aromatic rings. The first-order valence-corrected chi connectivity index (χ1v) is 10.5. The molecule has 1 aliphatic heterocycles. The van der Waals surface area contributed by atoms with Gasteiger partial charge in [0.15, 0.2) is 5.78 Å². The van der Waals surface area contributed by atoms with Crippen LogP contribution in [0.2, 0.25) is 0 Å². The summed E-state index contributed by atoms with van der Waals surface area (Å²) in [5, 5.41) is 4.19. The van der Waals surface area contributed by atoms with Crippen molar-refractivity contribution in [2.45, 2.75) is 19.3 Å². The molecule has 0 atom stereocenters. The third-order valence-corrected chi connectivity index (χ3v) is 5.79. The van der Waals surface area contributed by atoms with Gasteiger partial charge in [-0.1, -0.05) is 30.3 Å². The highest BCUT2D eigenvalue weighted by Gasteiger charge is 2.27. The van der Waals surface area contributed by atoms with Gasteiger partial charge in [-0.3, -0.25) is 14.3 Å². The Bertz CT molecular complexity index is 1270. The number of Topliss-reactive ketones (excluding diaryl/α,β-unsaturated/α-hetero) is 1. The van der Waals surface area contributed by atoms with Gasteiger partial charge in [-0.15, -0.1) is 0 Å². The minimum Gasteiger partial charge on any atom is -0.339 e. The number of amides is 1. The van der Waals surface area contributed by atoms with Crippen molar-refractivity contribution in [2.75, 3.05) is 13.1 Å². The zero-order chi connectivity index (χ0) is 21.4. The third-order valence-electron chi connectivity index (χ3n) is 5.79. The lowest BCUT2D eigenvalue weighted by Crippen LogP contribution is -2.29. The maximum atomic E-state index is 13.1. The molecule has 7 nitrogen and oxygen atoms in total. The number of carbonyl (C=O) groups is 2. The topological polar surface area (TPSA) is 72.5 Å². The molecule has 156 valence electrons. The summed E-state index contributed by atoms with van der Waals surface area (Å²) in [4.78, 5) is 32.5. The van der Waals surface area contributed by atoms with Crippen molar-refractivity contribution < 1.29 is 9.59 Å². The summed E-state index contributed by atoms with van der Waals surface area (Å²) >= 11 is 0. The summed E-state index contributed by atoms with van der Waals surface area (Å²) in [6, 6.07) is 13.8. The Morgan fingerprint density at radius 2 is 1.84 bits per heavy atom. The maximum absolute atomic E-state index is 13.1. The number of aromatic nitrogens is 4. The van der Waals surface area contributed by atoms with Gasteiger partial charge in [-0.05, 0) is 30.5 Å². The Labute approximate surface area is 179 Å². The summed E-state index contributed by atoms with van der Waals surface area (Å²) in [6.45, 7) is 1.48. The average molecular weight is 413 g/mol. The van der Waals surface area contributed by atoms with Crippen molar-refractivity contribution >= 4 is 17.3 Å². The largest absolute Gasteiger partial charge is 0.339 e. The van der Waals surface area contributed by atoms with Gasteiger partial charge in [-0.2, -0.15) is 5.10 Å². The van der Waals surface area contributed by atoms with Crippen LogP contribution in [-0.2, 0) is 13.5 Å². The molecule has 1 aromatic carbocycles. The summed E-state index contributed by atoms with van der Waals surface area (Å²) < 4.78 is 3.45. The molecule has 0 unspecified atom stereocenters. The van der Waals surface area contributed by atoms with Gasteiger partial charge >= 0.3 is 0 Å². The second-order valence-corrected chi connectivity index (χ2v) is 7.92. The number of pyridine rings is 1. The summed E-state index contributed by atoms with van der Waals surface area (Å²) in [6.07, 6.45) is 7.60. The van der Waals surface area contributed by atoms with Crippen LogP contribution in [0.5, 0.6) is 0 Å². The molecule has 1 fully saturated rings. The number of nitrogens with zero attached hydrogens (tertiary/aromatic N) is 5. The van der Waals surface area contributed by atoms with Crippen LogP contribution in [0.15, 0.2) is 61.1 Å².